The second-order valence-electron chi connectivity index (χ2n) is 6.18. The number of halogens is 3. The fourth-order valence-electron chi connectivity index (χ4n) is 3.26. The van der Waals surface area contributed by atoms with Crippen molar-refractivity contribution in [2.45, 2.75) is 0 Å². The topological polar surface area (TPSA) is 58.9 Å². The third-order valence-corrected chi connectivity index (χ3v) is 4.60. The van der Waals surface area contributed by atoms with Crippen LogP contribution in [0.3, 0.4) is 0 Å². The third kappa shape index (κ3) is 3.17. The molecular formula is C21H13ClF2N2O. The first-order valence-electron chi connectivity index (χ1n) is 8.10. The first-order chi connectivity index (χ1) is 12.9. The van der Waals surface area contributed by atoms with Gasteiger partial charge >= 0.3 is 0 Å². The summed E-state index contributed by atoms with van der Waals surface area (Å²) in [4.78, 5) is 15.1. The summed E-state index contributed by atoms with van der Waals surface area (Å²) in [5, 5.41) is 1.25. The zero-order valence-corrected chi connectivity index (χ0v) is 14.6. The Morgan fingerprint density at radius 3 is 2.37 bits per heavy atom. The lowest BCUT2D eigenvalue weighted by Crippen LogP contribution is -2.13. The van der Waals surface area contributed by atoms with E-state index in [9.17, 15) is 13.6 Å². The van der Waals surface area contributed by atoms with E-state index < -0.39 is 17.5 Å². The van der Waals surface area contributed by atoms with Gasteiger partial charge in [-0.15, -0.1) is 0 Å². The largest absolute Gasteiger partial charge is 0.366 e. The highest BCUT2D eigenvalue weighted by Gasteiger charge is 2.19. The van der Waals surface area contributed by atoms with Crippen molar-refractivity contribution in [2.75, 3.05) is 0 Å². The summed E-state index contributed by atoms with van der Waals surface area (Å²) in [6, 6.07) is 13.7. The molecule has 4 aromatic rings. The molecule has 4 rings (SSSR count). The van der Waals surface area contributed by atoms with Crippen LogP contribution in [0.4, 0.5) is 8.78 Å². The number of aromatic nitrogens is 1. The van der Waals surface area contributed by atoms with Gasteiger partial charge in [-0.05, 0) is 64.5 Å². The molecule has 27 heavy (non-hydrogen) atoms. The highest BCUT2D eigenvalue weighted by molar-refractivity contribution is 6.31. The Bertz CT molecular complexity index is 1180. The van der Waals surface area contributed by atoms with Crippen molar-refractivity contribution in [1.29, 1.82) is 0 Å². The average molecular weight is 383 g/mol. The molecule has 0 bridgehead atoms. The van der Waals surface area contributed by atoms with Crippen LogP contribution in [0, 0.1) is 11.6 Å². The molecule has 134 valence electrons. The minimum atomic E-state index is -0.748. The number of H-pyrrole nitrogens is 1. The van der Waals surface area contributed by atoms with Crippen molar-refractivity contribution < 1.29 is 13.6 Å². The fourth-order valence-corrected chi connectivity index (χ4v) is 3.48. The second-order valence-corrected chi connectivity index (χ2v) is 6.61. The van der Waals surface area contributed by atoms with E-state index in [4.69, 9.17) is 17.3 Å². The molecule has 0 aliphatic carbocycles. The number of rotatable bonds is 3. The van der Waals surface area contributed by atoms with Gasteiger partial charge in [-0.25, -0.2) is 8.78 Å². The number of nitrogens with one attached hydrogen (secondary N) is 1. The fraction of sp³-hybridized carbons (Fsp3) is 0. The SMILES string of the molecule is NC(=O)c1cc(Cl)cc(-c2ccc3[nH]ccc3c2)c1-c1cc(F)cc(F)c1. The summed E-state index contributed by atoms with van der Waals surface area (Å²) >= 11 is 6.20. The summed E-state index contributed by atoms with van der Waals surface area (Å²) in [6.07, 6.45) is 1.81. The van der Waals surface area contributed by atoms with Gasteiger partial charge in [-0.3, -0.25) is 4.79 Å². The van der Waals surface area contributed by atoms with Crippen LogP contribution in [-0.4, -0.2) is 10.9 Å². The van der Waals surface area contributed by atoms with Gasteiger partial charge < -0.3 is 10.7 Å². The van der Waals surface area contributed by atoms with Crippen molar-refractivity contribution in [2.24, 2.45) is 5.73 Å². The zero-order valence-electron chi connectivity index (χ0n) is 13.9. The highest BCUT2D eigenvalue weighted by atomic mass is 35.5. The summed E-state index contributed by atoms with van der Waals surface area (Å²) in [7, 11) is 0. The Morgan fingerprint density at radius 1 is 0.926 bits per heavy atom. The second kappa shape index (κ2) is 6.52. The average Bonchev–Trinajstić information content (AvgIpc) is 3.07. The molecule has 0 saturated heterocycles. The van der Waals surface area contributed by atoms with Gasteiger partial charge in [0.15, 0.2) is 0 Å². The molecule has 0 atom stereocenters. The number of amides is 1. The van der Waals surface area contributed by atoms with Gasteiger partial charge in [0, 0.05) is 33.9 Å². The molecule has 3 nitrogen and oxygen atoms in total. The Hall–Kier alpha value is -3.18. The molecule has 1 heterocycles. The Kier molecular flexibility index (Phi) is 4.16. The van der Waals surface area contributed by atoms with E-state index >= 15 is 0 Å². The van der Waals surface area contributed by atoms with Crippen molar-refractivity contribution in [3.8, 4) is 22.3 Å². The predicted molar refractivity (Wildman–Crippen MR) is 103 cm³/mol. The number of aromatic amines is 1. The lowest BCUT2D eigenvalue weighted by Gasteiger charge is -2.15. The molecule has 6 heteroatoms. The Labute approximate surface area is 158 Å². The maximum absolute atomic E-state index is 13.8. The van der Waals surface area contributed by atoms with Crippen molar-refractivity contribution in [1.82, 2.24) is 4.98 Å². The molecule has 0 aliphatic heterocycles. The lowest BCUT2D eigenvalue weighted by molar-refractivity contribution is 0.100. The minimum absolute atomic E-state index is 0.0941. The van der Waals surface area contributed by atoms with Crippen LogP contribution in [0.5, 0.6) is 0 Å². The van der Waals surface area contributed by atoms with E-state index in [0.29, 0.717) is 16.1 Å². The highest BCUT2D eigenvalue weighted by Crippen LogP contribution is 2.38. The quantitative estimate of drug-likeness (QED) is 0.480. The normalized spacial score (nSPS) is 11.1. The van der Waals surface area contributed by atoms with E-state index in [2.05, 4.69) is 4.98 Å². The molecule has 3 N–H and O–H groups in total. The van der Waals surface area contributed by atoms with Gasteiger partial charge in [0.05, 0.1) is 0 Å². The van der Waals surface area contributed by atoms with Gasteiger partial charge in [0.2, 0.25) is 5.91 Å². The van der Waals surface area contributed by atoms with Gasteiger partial charge in [0.1, 0.15) is 11.6 Å². The molecule has 0 fully saturated rings. The summed E-state index contributed by atoms with van der Waals surface area (Å²) in [5.41, 5.74) is 8.41. The molecule has 0 radical (unpaired) electrons. The van der Waals surface area contributed by atoms with E-state index in [-0.39, 0.29) is 11.1 Å². The van der Waals surface area contributed by atoms with Crippen LogP contribution < -0.4 is 5.73 Å². The molecule has 0 saturated carbocycles. The first-order valence-corrected chi connectivity index (χ1v) is 8.47. The minimum Gasteiger partial charge on any atom is -0.366 e. The molecule has 0 unspecified atom stereocenters. The van der Waals surface area contributed by atoms with Crippen LogP contribution >= 0.6 is 11.6 Å². The summed E-state index contributed by atoms with van der Waals surface area (Å²) in [6.45, 7) is 0. The van der Waals surface area contributed by atoms with Gasteiger partial charge in [-0.2, -0.15) is 0 Å². The number of primary amides is 1. The van der Waals surface area contributed by atoms with Gasteiger partial charge in [0.25, 0.3) is 0 Å². The summed E-state index contributed by atoms with van der Waals surface area (Å²) in [5.74, 6) is -2.23. The summed E-state index contributed by atoms with van der Waals surface area (Å²) < 4.78 is 27.7. The molecule has 1 aromatic heterocycles. The smallest absolute Gasteiger partial charge is 0.249 e. The molecule has 0 aliphatic rings. The Morgan fingerprint density at radius 2 is 1.67 bits per heavy atom. The molecular weight excluding hydrogens is 370 g/mol. The van der Waals surface area contributed by atoms with Crippen molar-refractivity contribution >= 4 is 28.4 Å². The number of hydrogen-bond donors (Lipinski definition) is 2. The number of benzene rings is 3. The maximum atomic E-state index is 13.8. The first kappa shape index (κ1) is 17.2. The van der Waals surface area contributed by atoms with E-state index in [1.807, 2.05) is 30.5 Å². The standard InChI is InChI=1S/C21H13ClF2N2O/c22-14-8-17(11-1-2-19-12(5-11)3-4-26-19)20(18(9-14)21(25)27)13-6-15(23)10-16(24)7-13/h1-10,26H,(H2,25,27). The predicted octanol–water partition coefficient (Wildman–Crippen LogP) is 5.53. The van der Waals surface area contributed by atoms with Crippen LogP contribution in [-0.2, 0) is 0 Å². The van der Waals surface area contributed by atoms with Crippen molar-refractivity contribution in [3.05, 3.63) is 83.0 Å². The Balaban J connectivity index is 2.07. The maximum Gasteiger partial charge on any atom is 0.249 e. The van der Waals surface area contributed by atoms with Crippen molar-refractivity contribution in [3.63, 3.8) is 0 Å². The number of carbonyl (C=O) groups is 1. The van der Waals surface area contributed by atoms with E-state index in [0.717, 1.165) is 34.7 Å². The third-order valence-electron chi connectivity index (χ3n) is 4.38. The van der Waals surface area contributed by atoms with E-state index in [1.54, 1.807) is 6.07 Å². The van der Waals surface area contributed by atoms with Crippen LogP contribution in [0.2, 0.25) is 5.02 Å². The van der Waals surface area contributed by atoms with Crippen LogP contribution in [0.25, 0.3) is 33.2 Å². The molecule has 0 spiro atoms. The lowest BCUT2D eigenvalue weighted by atomic mass is 9.89. The number of carbonyl (C=O) groups excluding carboxylic acids is 1. The number of fused-ring (bicyclic) bond motifs is 1. The molecule has 1 amide bonds. The zero-order chi connectivity index (χ0) is 19.1. The van der Waals surface area contributed by atoms with Crippen LogP contribution in [0.15, 0.2) is 60.8 Å². The van der Waals surface area contributed by atoms with Crippen LogP contribution in [0.1, 0.15) is 10.4 Å². The number of nitrogens with two attached hydrogens (primary N) is 1. The van der Waals surface area contributed by atoms with Gasteiger partial charge in [-0.1, -0.05) is 17.7 Å². The monoisotopic (exact) mass is 382 g/mol. The number of hydrogen-bond acceptors (Lipinski definition) is 1. The van der Waals surface area contributed by atoms with E-state index in [1.165, 1.54) is 6.07 Å². The molecule has 3 aromatic carbocycles.